The average Bonchev–Trinajstić information content (AvgIpc) is 2.62. The molecule has 0 amide bonds. The third kappa shape index (κ3) is 10.9. The molecule has 0 saturated heterocycles. The summed E-state index contributed by atoms with van der Waals surface area (Å²) in [5, 5.41) is 7.98. The first-order valence-corrected chi connectivity index (χ1v) is 10.2. The molecule has 0 heterocycles. The van der Waals surface area contributed by atoms with Gasteiger partial charge >= 0.3 is 5.97 Å². The summed E-state index contributed by atoms with van der Waals surface area (Å²) in [5.41, 5.74) is 15.9. The first-order valence-electron chi connectivity index (χ1n) is 8.31. The van der Waals surface area contributed by atoms with E-state index in [1.807, 2.05) is 0 Å². The molecule has 1 saturated carbocycles. The van der Waals surface area contributed by atoms with Gasteiger partial charge < -0.3 is 22.3 Å². The monoisotopic (exact) mass is 387 g/mol. The number of rotatable bonds is 4. The van der Waals surface area contributed by atoms with Gasteiger partial charge in [0, 0.05) is 24.4 Å². The highest BCUT2D eigenvalue weighted by Gasteiger charge is 2.07. The number of hydrogen-bond donors (Lipinski definition) is 4. The summed E-state index contributed by atoms with van der Waals surface area (Å²) in [7, 11) is -3.14. The Morgan fingerprint density at radius 2 is 1.73 bits per heavy atom. The molecule has 0 radical (unpaired) electrons. The van der Waals surface area contributed by atoms with E-state index in [4.69, 9.17) is 22.3 Å². The fourth-order valence-electron chi connectivity index (χ4n) is 2.03. The molecule has 8 nitrogen and oxygen atoms in total. The fraction of sp³-hybridized carbons (Fsp3) is 0.529. The van der Waals surface area contributed by atoms with Gasteiger partial charge in [-0.3, -0.25) is 9.59 Å². The fourth-order valence-corrected chi connectivity index (χ4v) is 2.66. The van der Waals surface area contributed by atoms with Crippen LogP contribution in [-0.4, -0.2) is 50.7 Å². The number of carboxylic acid groups (broad SMARTS) is 1. The summed E-state index contributed by atoms with van der Waals surface area (Å²) in [6.07, 6.45) is 8.46. The maximum absolute atomic E-state index is 10.9. The molecule has 0 bridgehead atoms. The highest BCUT2D eigenvalue weighted by Crippen LogP contribution is 2.14. The molecule has 7 N–H and O–H groups in total. The van der Waals surface area contributed by atoms with Crippen LogP contribution in [0.5, 0.6) is 0 Å². The predicted molar refractivity (Wildman–Crippen MR) is 101 cm³/mol. The standard InChI is InChI=1S/C8H8O3S.C6H13N.C3H8N2O2/c1-12(10,11)8-4-2-7(6-9)3-5-8;7-6-4-2-1-3-5-6;4-1-2(5)3(6)7/h2-6H,1H3;6H,1-5,7H2;2H,1,4-5H2,(H,6,7)/t;;2-/m..0/s1. The number of aliphatic carboxylic acids is 1. The van der Waals surface area contributed by atoms with Crippen molar-refractivity contribution >= 4 is 22.1 Å². The first-order chi connectivity index (χ1) is 12.1. The lowest BCUT2D eigenvalue weighted by molar-refractivity contribution is -0.138. The minimum atomic E-state index is -3.14. The van der Waals surface area contributed by atoms with Crippen LogP contribution < -0.4 is 17.2 Å². The largest absolute Gasteiger partial charge is 0.480 e. The Bertz CT molecular complexity index is 641. The first kappa shape index (κ1) is 24.2. The van der Waals surface area contributed by atoms with Crippen molar-refractivity contribution in [1.29, 1.82) is 0 Å². The van der Waals surface area contributed by atoms with E-state index in [0.29, 0.717) is 17.9 Å². The highest BCUT2D eigenvalue weighted by atomic mass is 32.2. The SMILES string of the molecule is CS(=O)(=O)c1ccc(C=O)cc1.NC1CCCCC1.NC[C@H](N)C(=O)O. The molecule has 0 spiro atoms. The molecule has 0 unspecified atom stereocenters. The van der Waals surface area contributed by atoms with Crippen LogP contribution in [0.25, 0.3) is 0 Å². The lowest BCUT2D eigenvalue weighted by Crippen LogP contribution is -2.37. The van der Waals surface area contributed by atoms with Crippen LogP contribution in [0.15, 0.2) is 29.2 Å². The number of aldehydes is 1. The normalized spacial score (nSPS) is 15.5. The van der Waals surface area contributed by atoms with E-state index in [0.717, 1.165) is 6.26 Å². The Balaban J connectivity index is 0.000000385. The second-order valence-electron chi connectivity index (χ2n) is 6.04. The number of nitrogens with two attached hydrogens (primary N) is 3. The Morgan fingerprint density at radius 3 is 1.96 bits per heavy atom. The van der Waals surface area contributed by atoms with Gasteiger partial charge in [0.25, 0.3) is 0 Å². The van der Waals surface area contributed by atoms with Gasteiger partial charge in [-0.25, -0.2) is 8.42 Å². The molecule has 1 aliphatic carbocycles. The van der Waals surface area contributed by atoms with Gasteiger partial charge in [-0.05, 0) is 25.0 Å². The number of hydrogen-bond acceptors (Lipinski definition) is 7. The molecule has 1 aliphatic rings. The van der Waals surface area contributed by atoms with Gasteiger partial charge in [0.15, 0.2) is 9.84 Å². The molecule has 26 heavy (non-hydrogen) atoms. The Morgan fingerprint density at radius 1 is 1.23 bits per heavy atom. The zero-order chi connectivity index (χ0) is 20.2. The third-order valence-electron chi connectivity index (χ3n) is 3.67. The van der Waals surface area contributed by atoms with Crippen molar-refractivity contribution in [1.82, 2.24) is 0 Å². The van der Waals surface area contributed by atoms with Crippen LogP contribution in [0.2, 0.25) is 0 Å². The third-order valence-corrected chi connectivity index (χ3v) is 4.79. The minimum absolute atomic E-state index is 0.00463. The summed E-state index contributed by atoms with van der Waals surface area (Å²) in [6, 6.07) is 5.42. The molecule has 0 aliphatic heterocycles. The molecule has 1 aromatic carbocycles. The molecule has 2 rings (SSSR count). The molecule has 0 aromatic heterocycles. The molecule has 1 fully saturated rings. The van der Waals surface area contributed by atoms with E-state index in [1.54, 1.807) is 0 Å². The summed E-state index contributed by atoms with van der Waals surface area (Å²) in [5.74, 6) is -1.05. The molecular weight excluding hydrogens is 358 g/mol. The molecular formula is C17H29N3O5S. The van der Waals surface area contributed by atoms with Gasteiger partial charge in [-0.1, -0.05) is 31.4 Å². The number of carboxylic acids is 1. The van der Waals surface area contributed by atoms with Crippen molar-refractivity contribution in [3.63, 3.8) is 0 Å². The quantitative estimate of drug-likeness (QED) is 0.543. The van der Waals surface area contributed by atoms with Crippen molar-refractivity contribution in [2.24, 2.45) is 17.2 Å². The van der Waals surface area contributed by atoms with Gasteiger partial charge in [-0.15, -0.1) is 0 Å². The van der Waals surface area contributed by atoms with Gasteiger partial charge in [0.1, 0.15) is 12.3 Å². The van der Waals surface area contributed by atoms with Gasteiger partial charge in [0.2, 0.25) is 0 Å². The number of carbonyl (C=O) groups is 2. The Labute approximate surface area is 154 Å². The van der Waals surface area contributed by atoms with E-state index in [-0.39, 0.29) is 11.4 Å². The van der Waals surface area contributed by atoms with Crippen LogP contribution in [-0.2, 0) is 14.6 Å². The summed E-state index contributed by atoms with van der Waals surface area (Å²) in [6.45, 7) is -0.00463. The summed E-state index contributed by atoms with van der Waals surface area (Å²) >= 11 is 0. The number of sulfone groups is 1. The maximum atomic E-state index is 10.9. The highest BCUT2D eigenvalue weighted by molar-refractivity contribution is 7.90. The van der Waals surface area contributed by atoms with E-state index >= 15 is 0 Å². The molecule has 148 valence electrons. The van der Waals surface area contributed by atoms with Crippen molar-refractivity contribution < 1.29 is 23.1 Å². The second kappa shape index (κ2) is 12.5. The Hall–Kier alpha value is -1.81. The minimum Gasteiger partial charge on any atom is -0.480 e. The van der Waals surface area contributed by atoms with Crippen LogP contribution in [0.3, 0.4) is 0 Å². The zero-order valence-electron chi connectivity index (χ0n) is 15.0. The topological polar surface area (TPSA) is 167 Å². The van der Waals surface area contributed by atoms with Crippen LogP contribution in [0.1, 0.15) is 42.5 Å². The van der Waals surface area contributed by atoms with Crippen molar-refractivity contribution in [2.45, 2.75) is 49.1 Å². The van der Waals surface area contributed by atoms with Crippen LogP contribution >= 0.6 is 0 Å². The molecule has 9 heteroatoms. The van der Waals surface area contributed by atoms with Crippen molar-refractivity contribution in [2.75, 3.05) is 12.8 Å². The lowest BCUT2D eigenvalue weighted by Gasteiger charge is -2.15. The van der Waals surface area contributed by atoms with Gasteiger partial charge in [0.05, 0.1) is 4.90 Å². The van der Waals surface area contributed by atoms with Crippen molar-refractivity contribution in [3.8, 4) is 0 Å². The molecule has 1 atom stereocenters. The maximum Gasteiger partial charge on any atom is 0.321 e. The van der Waals surface area contributed by atoms with Crippen LogP contribution in [0.4, 0.5) is 0 Å². The van der Waals surface area contributed by atoms with Gasteiger partial charge in [-0.2, -0.15) is 0 Å². The summed E-state index contributed by atoms with van der Waals surface area (Å²) < 4.78 is 21.9. The smallest absolute Gasteiger partial charge is 0.321 e. The molecule has 1 aromatic rings. The van der Waals surface area contributed by atoms with E-state index in [9.17, 15) is 18.0 Å². The Kier molecular flexibility index (Phi) is 11.7. The van der Waals surface area contributed by atoms with Crippen molar-refractivity contribution in [3.05, 3.63) is 29.8 Å². The second-order valence-corrected chi connectivity index (χ2v) is 8.05. The average molecular weight is 388 g/mol. The van der Waals surface area contributed by atoms with Crippen LogP contribution in [0, 0.1) is 0 Å². The predicted octanol–water partition coefficient (Wildman–Crippen LogP) is 0.537. The number of carbonyl (C=O) groups excluding carboxylic acids is 1. The zero-order valence-corrected chi connectivity index (χ0v) is 15.8. The van der Waals surface area contributed by atoms with E-state index < -0.39 is 21.8 Å². The summed E-state index contributed by atoms with van der Waals surface area (Å²) in [4.78, 5) is 20.2. The van der Waals surface area contributed by atoms with E-state index in [1.165, 1.54) is 56.4 Å². The number of benzene rings is 1. The lowest BCUT2D eigenvalue weighted by atomic mass is 9.97. The van der Waals surface area contributed by atoms with E-state index in [2.05, 4.69) is 0 Å².